The van der Waals surface area contributed by atoms with Gasteiger partial charge in [-0.3, -0.25) is 9.59 Å². The minimum Gasteiger partial charge on any atom is -0.491 e. The lowest BCUT2D eigenvalue weighted by molar-refractivity contribution is 0.0599. The topological polar surface area (TPSA) is 49.9 Å². The van der Waals surface area contributed by atoms with Crippen molar-refractivity contribution in [2.75, 3.05) is 26.7 Å². The number of rotatable bonds is 3. The molecule has 1 heterocycles. The Kier molecular flexibility index (Phi) is 8.71. The molecule has 0 N–H and O–H groups in total. The number of amides is 2. The molecule has 0 bridgehead atoms. The molecule has 4 rings (SSSR count). The number of carbonyl (C=O) groups excluding carboxylic acids is 2. The lowest BCUT2D eigenvalue weighted by Crippen LogP contribution is -2.45. The highest BCUT2D eigenvalue weighted by molar-refractivity contribution is 5.97. The van der Waals surface area contributed by atoms with E-state index in [4.69, 9.17) is 4.74 Å². The molecule has 1 aliphatic rings. The van der Waals surface area contributed by atoms with E-state index in [1.54, 1.807) is 17.0 Å². The number of benzene rings is 3. The lowest BCUT2D eigenvalue weighted by atomic mass is 10.0. The Labute approximate surface area is 212 Å². The van der Waals surface area contributed by atoms with Crippen molar-refractivity contribution in [2.45, 2.75) is 38.1 Å². The van der Waals surface area contributed by atoms with Crippen molar-refractivity contribution >= 4 is 11.8 Å². The average molecular weight is 489 g/mol. The number of hydrogen-bond acceptors (Lipinski definition) is 3. The van der Waals surface area contributed by atoms with Gasteiger partial charge in [0, 0.05) is 25.7 Å². The summed E-state index contributed by atoms with van der Waals surface area (Å²) in [6.07, 6.45) is 4.25. The Morgan fingerprint density at radius 1 is 0.889 bits per heavy atom. The largest absolute Gasteiger partial charge is 0.491 e. The van der Waals surface area contributed by atoms with Gasteiger partial charge in [0.2, 0.25) is 0 Å². The fourth-order valence-electron chi connectivity index (χ4n) is 4.60. The van der Waals surface area contributed by atoms with Crippen LogP contribution in [-0.4, -0.2) is 54.4 Å². The van der Waals surface area contributed by atoms with E-state index in [1.807, 2.05) is 54.4 Å². The summed E-state index contributed by atoms with van der Waals surface area (Å²) in [5.74, 6) is -0.0705. The summed E-state index contributed by atoms with van der Waals surface area (Å²) in [7, 11) is 1.83. The highest BCUT2D eigenvalue weighted by Crippen LogP contribution is 2.23. The van der Waals surface area contributed by atoms with Gasteiger partial charge in [-0.15, -0.1) is 0 Å². The smallest absolute Gasteiger partial charge is 0.257 e. The van der Waals surface area contributed by atoms with Gasteiger partial charge in [0.05, 0.1) is 11.6 Å². The van der Waals surface area contributed by atoms with Crippen molar-refractivity contribution < 1.29 is 18.7 Å². The summed E-state index contributed by atoms with van der Waals surface area (Å²) in [6.45, 7) is 1.48. The molecule has 0 unspecified atom stereocenters. The van der Waals surface area contributed by atoms with Crippen molar-refractivity contribution in [3.63, 3.8) is 0 Å². The summed E-state index contributed by atoms with van der Waals surface area (Å²) in [6, 6.07) is 22.7. The lowest BCUT2D eigenvalue weighted by Gasteiger charge is -2.33. The third-order valence-electron chi connectivity index (χ3n) is 6.64. The third-order valence-corrected chi connectivity index (χ3v) is 6.64. The number of halogens is 1. The standard InChI is InChI=1S/C30H33FN2O3/c1-32-19-9-2-3-10-20-33(29(34)24-15-17-25(31)18-16-24)26(21-23-11-5-4-6-12-23)22-36-28-14-8-7-13-27(28)30(32)35/h4-8,11-18,26H,2-3,9-10,19-22H2,1H3/t26-/m0/s1. The minimum atomic E-state index is -0.372. The first-order valence-electron chi connectivity index (χ1n) is 12.6. The summed E-state index contributed by atoms with van der Waals surface area (Å²) in [4.78, 5) is 30.4. The van der Waals surface area contributed by atoms with E-state index in [-0.39, 0.29) is 30.3 Å². The van der Waals surface area contributed by atoms with Gasteiger partial charge in [0.1, 0.15) is 18.2 Å². The molecule has 0 aromatic heterocycles. The molecular weight excluding hydrogens is 455 g/mol. The Morgan fingerprint density at radius 3 is 2.31 bits per heavy atom. The van der Waals surface area contributed by atoms with Crippen LogP contribution in [0.3, 0.4) is 0 Å². The molecule has 2 amide bonds. The summed E-state index contributed by atoms with van der Waals surface area (Å²) < 4.78 is 19.8. The van der Waals surface area contributed by atoms with Gasteiger partial charge < -0.3 is 14.5 Å². The molecule has 1 aliphatic heterocycles. The second-order valence-corrected chi connectivity index (χ2v) is 9.30. The highest BCUT2D eigenvalue weighted by Gasteiger charge is 2.27. The van der Waals surface area contributed by atoms with Crippen LogP contribution in [-0.2, 0) is 6.42 Å². The summed E-state index contributed by atoms with van der Waals surface area (Å²) in [5, 5.41) is 0. The minimum absolute atomic E-state index is 0.0680. The van der Waals surface area contributed by atoms with E-state index in [1.165, 1.54) is 24.3 Å². The first-order chi connectivity index (χ1) is 17.5. The Morgan fingerprint density at radius 2 is 1.56 bits per heavy atom. The van der Waals surface area contributed by atoms with Crippen LogP contribution in [0.2, 0.25) is 0 Å². The van der Waals surface area contributed by atoms with Gasteiger partial charge in [-0.05, 0) is 61.2 Å². The van der Waals surface area contributed by atoms with Crippen LogP contribution in [0.4, 0.5) is 4.39 Å². The number of fused-ring (bicyclic) bond motifs is 1. The maximum atomic E-state index is 13.7. The van der Waals surface area contributed by atoms with Crippen LogP contribution in [0.1, 0.15) is 52.0 Å². The number of nitrogens with zero attached hydrogens (tertiary/aromatic N) is 2. The monoisotopic (exact) mass is 488 g/mol. The number of hydrogen-bond donors (Lipinski definition) is 0. The van der Waals surface area contributed by atoms with Crippen LogP contribution in [0.25, 0.3) is 0 Å². The van der Waals surface area contributed by atoms with Gasteiger partial charge in [0.25, 0.3) is 11.8 Å². The summed E-state index contributed by atoms with van der Waals surface area (Å²) >= 11 is 0. The molecule has 188 valence electrons. The van der Waals surface area contributed by atoms with E-state index < -0.39 is 0 Å². The molecule has 0 aliphatic carbocycles. The maximum absolute atomic E-state index is 13.7. The van der Waals surface area contributed by atoms with Crippen LogP contribution >= 0.6 is 0 Å². The molecule has 3 aromatic rings. The molecule has 0 saturated heterocycles. The van der Waals surface area contributed by atoms with Crippen molar-refractivity contribution in [1.82, 2.24) is 9.80 Å². The van der Waals surface area contributed by atoms with Gasteiger partial charge in [0.15, 0.2) is 0 Å². The molecule has 1 atom stereocenters. The van der Waals surface area contributed by atoms with E-state index in [0.29, 0.717) is 36.4 Å². The van der Waals surface area contributed by atoms with Crippen molar-refractivity contribution in [1.29, 1.82) is 0 Å². The summed E-state index contributed by atoms with van der Waals surface area (Å²) in [5.41, 5.74) is 2.06. The molecule has 36 heavy (non-hydrogen) atoms. The Hall–Kier alpha value is -3.67. The predicted molar refractivity (Wildman–Crippen MR) is 139 cm³/mol. The molecule has 3 aromatic carbocycles. The van der Waals surface area contributed by atoms with Crippen molar-refractivity contribution in [2.24, 2.45) is 0 Å². The van der Waals surface area contributed by atoms with E-state index >= 15 is 0 Å². The average Bonchev–Trinajstić information content (AvgIpc) is 2.90. The third kappa shape index (κ3) is 6.51. The van der Waals surface area contributed by atoms with Crippen LogP contribution in [0.5, 0.6) is 5.75 Å². The van der Waals surface area contributed by atoms with E-state index in [2.05, 4.69) is 0 Å². The van der Waals surface area contributed by atoms with Gasteiger partial charge >= 0.3 is 0 Å². The maximum Gasteiger partial charge on any atom is 0.257 e. The molecular formula is C30H33FN2O3. The molecule has 0 spiro atoms. The quantitative estimate of drug-likeness (QED) is 0.482. The molecule has 0 saturated carbocycles. The zero-order chi connectivity index (χ0) is 25.3. The second-order valence-electron chi connectivity index (χ2n) is 9.30. The Bertz CT molecular complexity index is 1150. The van der Waals surface area contributed by atoms with Crippen molar-refractivity contribution in [3.05, 3.63) is 101 Å². The molecule has 0 fully saturated rings. The zero-order valence-electron chi connectivity index (χ0n) is 20.7. The predicted octanol–water partition coefficient (Wildman–Crippen LogP) is 5.60. The SMILES string of the molecule is CN1CCCCCCN(C(=O)c2ccc(F)cc2)[C@@H](Cc2ccccc2)COc2ccccc2C1=O. The first kappa shape index (κ1) is 25.4. The highest BCUT2D eigenvalue weighted by atomic mass is 19.1. The van der Waals surface area contributed by atoms with E-state index in [0.717, 1.165) is 31.2 Å². The molecule has 5 nitrogen and oxygen atoms in total. The van der Waals surface area contributed by atoms with Crippen molar-refractivity contribution in [3.8, 4) is 5.75 Å². The number of para-hydroxylation sites is 1. The Balaban J connectivity index is 1.68. The van der Waals surface area contributed by atoms with Crippen LogP contribution < -0.4 is 4.74 Å². The normalized spacial score (nSPS) is 17.6. The van der Waals surface area contributed by atoms with E-state index in [9.17, 15) is 14.0 Å². The number of ether oxygens (including phenoxy) is 1. The van der Waals surface area contributed by atoms with Crippen LogP contribution in [0.15, 0.2) is 78.9 Å². The fraction of sp³-hybridized carbons (Fsp3) is 0.333. The van der Waals surface area contributed by atoms with Gasteiger partial charge in [-0.2, -0.15) is 0 Å². The van der Waals surface area contributed by atoms with Crippen LogP contribution in [0, 0.1) is 5.82 Å². The second kappa shape index (κ2) is 12.3. The first-order valence-corrected chi connectivity index (χ1v) is 12.6. The molecule has 0 radical (unpaired) electrons. The van der Waals surface area contributed by atoms with Gasteiger partial charge in [-0.25, -0.2) is 4.39 Å². The zero-order valence-corrected chi connectivity index (χ0v) is 20.7. The van der Waals surface area contributed by atoms with Gasteiger partial charge in [-0.1, -0.05) is 55.3 Å². The molecule has 6 heteroatoms. The fourth-order valence-corrected chi connectivity index (χ4v) is 4.60. The number of carbonyl (C=O) groups is 2.